The Morgan fingerprint density at radius 1 is 1.43 bits per heavy atom. The lowest BCUT2D eigenvalue weighted by atomic mass is 9.81. The summed E-state index contributed by atoms with van der Waals surface area (Å²) in [5.74, 6) is 0.260. The van der Waals surface area contributed by atoms with Gasteiger partial charge >= 0.3 is 6.09 Å². The molecule has 1 aliphatic heterocycles. The molecule has 1 aromatic carbocycles. The third-order valence-corrected chi connectivity index (χ3v) is 3.66. The Bertz CT molecular complexity index is 529. The van der Waals surface area contributed by atoms with E-state index in [9.17, 15) is 9.90 Å². The fourth-order valence-electron chi connectivity index (χ4n) is 2.57. The first-order valence-corrected chi connectivity index (χ1v) is 7.24. The first kappa shape index (κ1) is 15.6. The number of phenols is 1. The van der Waals surface area contributed by atoms with Gasteiger partial charge in [0.2, 0.25) is 0 Å². The van der Waals surface area contributed by atoms with Crippen molar-refractivity contribution in [3.05, 3.63) is 23.8 Å². The molecule has 2 rings (SSSR count). The molecular weight excluding hydrogens is 268 g/mol. The van der Waals surface area contributed by atoms with Gasteiger partial charge in [0.1, 0.15) is 11.4 Å². The van der Waals surface area contributed by atoms with Crippen LogP contribution < -0.4 is 10.6 Å². The van der Waals surface area contributed by atoms with Gasteiger partial charge in [0, 0.05) is 23.2 Å². The Kier molecular flexibility index (Phi) is 4.14. The molecule has 5 heteroatoms. The zero-order valence-corrected chi connectivity index (χ0v) is 13.1. The summed E-state index contributed by atoms with van der Waals surface area (Å²) in [5, 5.41) is 16.1. The van der Waals surface area contributed by atoms with Gasteiger partial charge in [0.25, 0.3) is 0 Å². The Labute approximate surface area is 125 Å². The van der Waals surface area contributed by atoms with Crippen LogP contribution >= 0.6 is 0 Å². The second kappa shape index (κ2) is 5.56. The van der Waals surface area contributed by atoms with E-state index in [2.05, 4.69) is 17.6 Å². The van der Waals surface area contributed by atoms with Crippen molar-refractivity contribution in [2.45, 2.75) is 45.1 Å². The largest absolute Gasteiger partial charge is 0.508 e. The Hall–Kier alpha value is -1.75. The van der Waals surface area contributed by atoms with Crippen LogP contribution in [0.3, 0.4) is 0 Å². The third-order valence-electron chi connectivity index (χ3n) is 3.66. The van der Waals surface area contributed by atoms with Gasteiger partial charge < -0.3 is 15.2 Å². The molecule has 1 amide bonds. The molecule has 0 radical (unpaired) electrons. The molecule has 21 heavy (non-hydrogen) atoms. The van der Waals surface area contributed by atoms with Crippen LogP contribution in [0.15, 0.2) is 18.2 Å². The highest BCUT2D eigenvalue weighted by Gasteiger charge is 2.33. The number of anilines is 1. The van der Waals surface area contributed by atoms with E-state index in [1.165, 1.54) is 0 Å². The van der Waals surface area contributed by atoms with E-state index in [1.807, 2.05) is 26.8 Å². The summed E-state index contributed by atoms with van der Waals surface area (Å²) in [4.78, 5) is 11.8. The quantitative estimate of drug-likeness (QED) is 0.733. The van der Waals surface area contributed by atoms with Gasteiger partial charge in [-0.3, -0.25) is 5.32 Å². The molecule has 1 fully saturated rings. The number of carbonyl (C=O) groups is 1. The van der Waals surface area contributed by atoms with Crippen LogP contribution in [0.4, 0.5) is 10.5 Å². The van der Waals surface area contributed by atoms with E-state index in [-0.39, 0.29) is 11.2 Å². The summed E-state index contributed by atoms with van der Waals surface area (Å²) in [5.41, 5.74) is 0.826. The summed E-state index contributed by atoms with van der Waals surface area (Å²) in [7, 11) is 0. The van der Waals surface area contributed by atoms with Crippen molar-refractivity contribution < 1.29 is 14.6 Å². The summed E-state index contributed by atoms with van der Waals surface area (Å²) >= 11 is 0. The van der Waals surface area contributed by atoms with Gasteiger partial charge in [-0.05, 0) is 51.9 Å². The second-order valence-electron chi connectivity index (χ2n) is 6.85. The first-order valence-electron chi connectivity index (χ1n) is 7.24. The number of rotatable bonds is 2. The maximum atomic E-state index is 11.8. The highest BCUT2D eigenvalue weighted by Crippen LogP contribution is 2.37. The molecule has 0 spiro atoms. The molecule has 3 N–H and O–H groups in total. The molecule has 0 aliphatic carbocycles. The fraction of sp³-hybridized carbons (Fsp3) is 0.562. The summed E-state index contributed by atoms with van der Waals surface area (Å²) in [6.45, 7) is 9.32. The smallest absolute Gasteiger partial charge is 0.412 e. The normalized spacial score (nSPS) is 22.1. The highest BCUT2D eigenvalue weighted by atomic mass is 16.6. The van der Waals surface area contributed by atoms with Gasteiger partial charge in [-0.15, -0.1) is 0 Å². The molecule has 0 saturated carbocycles. The number of hydrogen-bond donors (Lipinski definition) is 3. The van der Waals surface area contributed by atoms with Gasteiger partial charge in [-0.1, -0.05) is 6.92 Å². The fourth-order valence-corrected chi connectivity index (χ4v) is 2.57. The number of phenolic OH excluding ortho intramolecular Hbond substituents is 1. The topological polar surface area (TPSA) is 70.6 Å². The van der Waals surface area contributed by atoms with E-state index in [0.717, 1.165) is 25.1 Å². The number of ether oxygens (including phenoxy) is 1. The maximum absolute atomic E-state index is 11.8. The van der Waals surface area contributed by atoms with Crippen molar-refractivity contribution in [2.75, 3.05) is 18.4 Å². The van der Waals surface area contributed by atoms with Crippen LogP contribution in [0.2, 0.25) is 0 Å². The van der Waals surface area contributed by atoms with E-state index in [0.29, 0.717) is 5.69 Å². The summed E-state index contributed by atoms with van der Waals surface area (Å²) < 4.78 is 5.24. The van der Waals surface area contributed by atoms with Gasteiger partial charge in [0.15, 0.2) is 0 Å². The summed E-state index contributed by atoms with van der Waals surface area (Å²) in [6.07, 6.45) is 0.463. The van der Waals surface area contributed by atoms with Gasteiger partial charge in [-0.2, -0.15) is 0 Å². The van der Waals surface area contributed by atoms with Gasteiger partial charge in [-0.25, -0.2) is 4.79 Å². The van der Waals surface area contributed by atoms with Crippen LogP contribution in [0.1, 0.15) is 39.7 Å². The number of nitrogens with one attached hydrogen (secondary N) is 2. The predicted molar refractivity (Wildman–Crippen MR) is 82.8 cm³/mol. The minimum Gasteiger partial charge on any atom is -0.508 e. The number of hydrogen-bond acceptors (Lipinski definition) is 4. The van der Waals surface area contributed by atoms with E-state index < -0.39 is 11.7 Å². The summed E-state index contributed by atoms with van der Waals surface area (Å²) in [6, 6.07) is 5.12. The lowest BCUT2D eigenvalue weighted by Crippen LogP contribution is -2.28. The molecule has 0 aromatic heterocycles. The van der Waals surface area contributed by atoms with Crippen LogP contribution in [-0.4, -0.2) is 29.9 Å². The van der Waals surface area contributed by atoms with E-state index in [4.69, 9.17) is 4.74 Å². The van der Waals surface area contributed by atoms with Gasteiger partial charge in [0.05, 0.1) is 0 Å². The average Bonchev–Trinajstić information content (AvgIpc) is 2.77. The Morgan fingerprint density at radius 2 is 2.14 bits per heavy atom. The zero-order valence-electron chi connectivity index (χ0n) is 13.1. The SMILES string of the molecule is CC(C)(C)OC(=O)Nc1ccc(O)c(C2(C)CCNC2)c1. The zero-order chi connectivity index (χ0) is 15.7. The lowest BCUT2D eigenvalue weighted by Gasteiger charge is -2.25. The molecule has 0 bridgehead atoms. The molecular formula is C16H24N2O3. The van der Waals surface area contributed by atoms with Crippen molar-refractivity contribution in [1.82, 2.24) is 5.32 Å². The number of carbonyl (C=O) groups excluding carboxylic acids is 1. The number of amides is 1. The van der Waals surface area contributed by atoms with Crippen LogP contribution in [-0.2, 0) is 10.2 Å². The molecule has 5 nitrogen and oxygen atoms in total. The molecule has 1 atom stereocenters. The van der Waals surface area contributed by atoms with Crippen molar-refractivity contribution in [3.8, 4) is 5.75 Å². The average molecular weight is 292 g/mol. The second-order valence-corrected chi connectivity index (χ2v) is 6.85. The van der Waals surface area contributed by atoms with Crippen molar-refractivity contribution >= 4 is 11.8 Å². The Balaban J connectivity index is 2.17. The maximum Gasteiger partial charge on any atom is 0.412 e. The minimum absolute atomic E-state index is 0.115. The number of aromatic hydroxyl groups is 1. The molecule has 1 heterocycles. The Morgan fingerprint density at radius 3 is 2.71 bits per heavy atom. The minimum atomic E-state index is -0.537. The molecule has 1 aromatic rings. The molecule has 1 saturated heterocycles. The van der Waals surface area contributed by atoms with Crippen molar-refractivity contribution in [2.24, 2.45) is 0 Å². The van der Waals surface area contributed by atoms with Crippen LogP contribution in [0, 0.1) is 0 Å². The van der Waals surface area contributed by atoms with E-state index >= 15 is 0 Å². The molecule has 116 valence electrons. The predicted octanol–water partition coefficient (Wildman–Crippen LogP) is 2.99. The third kappa shape index (κ3) is 3.88. The van der Waals surface area contributed by atoms with Crippen LogP contribution in [0.5, 0.6) is 5.75 Å². The van der Waals surface area contributed by atoms with Crippen molar-refractivity contribution in [1.29, 1.82) is 0 Å². The lowest BCUT2D eigenvalue weighted by molar-refractivity contribution is 0.0636. The first-order chi connectivity index (χ1) is 9.70. The van der Waals surface area contributed by atoms with Crippen LogP contribution in [0.25, 0.3) is 0 Å². The number of benzene rings is 1. The van der Waals surface area contributed by atoms with Crippen molar-refractivity contribution in [3.63, 3.8) is 0 Å². The molecule has 1 aliphatic rings. The highest BCUT2D eigenvalue weighted by molar-refractivity contribution is 5.85. The van der Waals surface area contributed by atoms with E-state index in [1.54, 1.807) is 12.1 Å². The monoisotopic (exact) mass is 292 g/mol. The molecule has 1 unspecified atom stereocenters. The standard InChI is InChI=1S/C16H24N2O3/c1-15(2,3)21-14(20)18-11-5-6-13(19)12(9-11)16(4)7-8-17-10-16/h5-6,9,17,19H,7-8,10H2,1-4H3,(H,18,20).